The van der Waals surface area contributed by atoms with Crippen LogP contribution in [0.2, 0.25) is 0 Å². The summed E-state index contributed by atoms with van der Waals surface area (Å²) in [5, 5.41) is 5.08. The van der Waals surface area contributed by atoms with Gasteiger partial charge in [-0.25, -0.2) is 0 Å². The summed E-state index contributed by atoms with van der Waals surface area (Å²) in [7, 11) is 0. The molecule has 0 radical (unpaired) electrons. The van der Waals surface area contributed by atoms with Crippen molar-refractivity contribution in [1.82, 2.24) is 10.6 Å². The number of carbonyl (C=O) groups is 2. The van der Waals surface area contributed by atoms with Gasteiger partial charge in [-0.3, -0.25) is 9.59 Å². The second-order valence-corrected chi connectivity index (χ2v) is 5.60. The third-order valence-corrected chi connectivity index (χ3v) is 3.03. The maximum absolute atomic E-state index is 11.6. The van der Waals surface area contributed by atoms with Crippen LogP contribution in [0.25, 0.3) is 0 Å². The average molecular weight is 333 g/mol. The van der Waals surface area contributed by atoms with E-state index in [9.17, 15) is 9.59 Å². The number of halogens is 2. The first-order valence-electron chi connectivity index (χ1n) is 6.42. The Bertz CT molecular complexity index is 507. The first kappa shape index (κ1) is 17.6. The van der Waals surface area contributed by atoms with Gasteiger partial charge in [0.25, 0.3) is 11.8 Å². The highest BCUT2D eigenvalue weighted by molar-refractivity contribution is 6.53. The summed E-state index contributed by atoms with van der Waals surface area (Å²) < 4.78 is 5.43. The topological polar surface area (TPSA) is 67.4 Å². The van der Waals surface area contributed by atoms with Crippen molar-refractivity contribution in [2.75, 3.05) is 19.7 Å². The molecular weight excluding hydrogens is 315 g/mol. The van der Waals surface area contributed by atoms with Crippen LogP contribution in [0.4, 0.5) is 0 Å². The molecule has 1 aromatic carbocycles. The summed E-state index contributed by atoms with van der Waals surface area (Å²) in [4.78, 5) is 21.5. The number of ether oxygens (including phenoxy) is 1. The van der Waals surface area contributed by atoms with Gasteiger partial charge in [-0.15, -0.1) is 0 Å². The number of alkyl halides is 2. The zero-order valence-electron chi connectivity index (χ0n) is 11.9. The van der Waals surface area contributed by atoms with Gasteiger partial charge in [-0.2, -0.15) is 0 Å². The molecule has 0 atom stereocenters. The van der Waals surface area contributed by atoms with Crippen molar-refractivity contribution in [2.45, 2.75) is 18.7 Å². The van der Waals surface area contributed by atoms with Crippen molar-refractivity contribution < 1.29 is 14.3 Å². The maximum atomic E-state index is 11.6. The van der Waals surface area contributed by atoms with Gasteiger partial charge >= 0.3 is 0 Å². The van der Waals surface area contributed by atoms with E-state index >= 15 is 0 Å². The minimum absolute atomic E-state index is 0.0779. The Morgan fingerprint density at radius 2 is 1.86 bits per heavy atom. The fourth-order valence-electron chi connectivity index (χ4n) is 1.62. The molecule has 0 heterocycles. The largest absolute Gasteiger partial charge is 0.484 e. The lowest BCUT2D eigenvalue weighted by Gasteiger charge is -2.10. The molecule has 21 heavy (non-hydrogen) atoms. The molecule has 0 fully saturated rings. The predicted octanol–water partition coefficient (Wildman–Crippen LogP) is 1.72. The number of carbonyl (C=O) groups excluding carboxylic acids is 2. The Hall–Kier alpha value is -1.46. The van der Waals surface area contributed by atoms with Crippen LogP contribution in [0.5, 0.6) is 5.75 Å². The Balaban J connectivity index is 2.24. The summed E-state index contributed by atoms with van der Waals surface area (Å²) in [5.41, 5.74) is 2.11. The molecule has 0 bridgehead atoms. The van der Waals surface area contributed by atoms with E-state index < -0.39 is 10.7 Å². The zero-order chi connectivity index (χ0) is 15.8. The van der Waals surface area contributed by atoms with Crippen LogP contribution >= 0.6 is 23.2 Å². The Morgan fingerprint density at radius 1 is 1.19 bits per heavy atom. The van der Waals surface area contributed by atoms with E-state index in [1.54, 1.807) is 0 Å². The lowest BCUT2D eigenvalue weighted by molar-refractivity contribution is -0.123. The summed E-state index contributed by atoms with van der Waals surface area (Å²) in [6, 6.07) is 5.74. The minimum Gasteiger partial charge on any atom is -0.484 e. The van der Waals surface area contributed by atoms with Gasteiger partial charge in [0.15, 0.2) is 11.4 Å². The van der Waals surface area contributed by atoms with E-state index in [0.29, 0.717) is 5.75 Å². The number of hydrogen-bond acceptors (Lipinski definition) is 3. The molecule has 0 saturated heterocycles. The number of rotatable bonds is 7. The quantitative estimate of drug-likeness (QED) is 0.590. The smallest absolute Gasteiger partial charge is 0.258 e. The zero-order valence-corrected chi connectivity index (χ0v) is 13.4. The molecule has 0 aromatic heterocycles. The van der Waals surface area contributed by atoms with Crippen LogP contribution in [0.3, 0.4) is 0 Å². The van der Waals surface area contributed by atoms with Crippen LogP contribution in [-0.4, -0.2) is 36.3 Å². The SMILES string of the molecule is Cc1ccc(OCC(=O)NCCNC(=O)C(Cl)Cl)c(C)c1. The number of amides is 2. The number of nitrogens with one attached hydrogen (secondary N) is 2. The molecule has 2 amide bonds. The normalized spacial score (nSPS) is 10.3. The molecule has 116 valence electrons. The number of hydrogen-bond donors (Lipinski definition) is 2. The van der Waals surface area contributed by atoms with Gasteiger partial charge < -0.3 is 15.4 Å². The second-order valence-electron chi connectivity index (χ2n) is 4.50. The number of aryl methyl sites for hydroxylation is 2. The van der Waals surface area contributed by atoms with Crippen molar-refractivity contribution >= 4 is 35.0 Å². The van der Waals surface area contributed by atoms with Gasteiger partial charge in [0, 0.05) is 13.1 Å². The summed E-state index contributed by atoms with van der Waals surface area (Å²) in [6.45, 7) is 4.37. The highest BCUT2D eigenvalue weighted by Gasteiger charge is 2.10. The average Bonchev–Trinajstić information content (AvgIpc) is 2.42. The van der Waals surface area contributed by atoms with Gasteiger partial charge in [0.2, 0.25) is 0 Å². The van der Waals surface area contributed by atoms with E-state index in [1.165, 1.54) is 0 Å². The molecule has 0 spiro atoms. The molecule has 2 N–H and O–H groups in total. The Kier molecular flexibility index (Phi) is 7.32. The first-order valence-corrected chi connectivity index (χ1v) is 7.30. The highest BCUT2D eigenvalue weighted by Crippen LogP contribution is 2.18. The van der Waals surface area contributed by atoms with E-state index in [4.69, 9.17) is 27.9 Å². The first-order chi connectivity index (χ1) is 9.90. The van der Waals surface area contributed by atoms with Gasteiger partial charge in [0.05, 0.1) is 0 Å². The fraction of sp³-hybridized carbons (Fsp3) is 0.429. The highest BCUT2D eigenvalue weighted by atomic mass is 35.5. The van der Waals surface area contributed by atoms with Crippen LogP contribution in [-0.2, 0) is 9.59 Å². The molecule has 0 aliphatic carbocycles. The summed E-state index contributed by atoms with van der Waals surface area (Å²) >= 11 is 10.7. The van der Waals surface area contributed by atoms with Crippen molar-refractivity contribution in [2.24, 2.45) is 0 Å². The molecule has 1 aromatic rings. The van der Waals surface area contributed by atoms with Crippen LogP contribution in [0.1, 0.15) is 11.1 Å². The second kappa shape index (κ2) is 8.74. The van der Waals surface area contributed by atoms with Crippen LogP contribution in [0.15, 0.2) is 18.2 Å². The molecule has 1 rings (SSSR count). The fourth-order valence-corrected chi connectivity index (χ4v) is 1.77. The molecule has 0 aliphatic rings. The van der Waals surface area contributed by atoms with Crippen molar-refractivity contribution in [3.05, 3.63) is 29.3 Å². The van der Waals surface area contributed by atoms with Crippen molar-refractivity contribution in [3.8, 4) is 5.75 Å². The van der Waals surface area contributed by atoms with Crippen molar-refractivity contribution in [3.63, 3.8) is 0 Å². The molecule has 0 unspecified atom stereocenters. The molecule has 7 heteroatoms. The lowest BCUT2D eigenvalue weighted by Crippen LogP contribution is -2.38. The summed E-state index contributed by atoms with van der Waals surface area (Å²) in [5.74, 6) is -0.0761. The third kappa shape index (κ3) is 6.69. The van der Waals surface area contributed by atoms with E-state index in [2.05, 4.69) is 10.6 Å². The monoisotopic (exact) mass is 332 g/mol. The minimum atomic E-state index is -1.10. The van der Waals surface area contributed by atoms with Gasteiger partial charge in [0.1, 0.15) is 5.75 Å². The molecule has 0 aliphatic heterocycles. The van der Waals surface area contributed by atoms with Crippen LogP contribution in [0, 0.1) is 13.8 Å². The Morgan fingerprint density at radius 3 is 2.48 bits per heavy atom. The third-order valence-electron chi connectivity index (χ3n) is 2.63. The van der Waals surface area contributed by atoms with Gasteiger partial charge in [-0.05, 0) is 25.5 Å². The van der Waals surface area contributed by atoms with E-state index in [-0.39, 0.29) is 25.6 Å². The maximum Gasteiger partial charge on any atom is 0.258 e. The van der Waals surface area contributed by atoms with Crippen molar-refractivity contribution in [1.29, 1.82) is 0 Å². The predicted molar refractivity (Wildman–Crippen MR) is 82.9 cm³/mol. The van der Waals surface area contributed by atoms with E-state index in [0.717, 1.165) is 11.1 Å². The van der Waals surface area contributed by atoms with E-state index in [1.807, 2.05) is 32.0 Å². The lowest BCUT2D eigenvalue weighted by atomic mass is 10.1. The van der Waals surface area contributed by atoms with Gasteiger partial charge in [-0.1, -0.05) is 40.9 Å². The van der Waals surface area contributed by atoms with Crippen LogP contribution < -0.4 is 15.4 Å². The number of benzene rings is 1. The standard InChI is InChI=1S/C14H18Cl2N2O3/c1-9-3-4-11(10(2)7-9)21-8-12(19)17-5-6-18-14(20)13(15)16/h3-4,7,13H,5-6,8H2,1-2H3,(H,17,19)(H,18,20). The Labute approximate surface area is 133 Å². The molecule has 5 nitrogen and oxygen atoms in total. The molecule has 0 saturated carbocycles. The summed E-state index contributed by atoms with van der Waals surface area (Å²) in [6.07, 6.45) is 0. The molecular formula is C14H18Cl2N2O3.